The van der Waals surface area contributed by atoms with Crippen LogP contribution in [0.5, 0.6) is 0 Å². The largest absolute Gasteiger partial charge is 0.476 e. The van der Waals surface area contributed by atoms with Crippen LogP contribution in [0, 0.1) is 0 Å². The Kier molecular flexibility index (Phi) is 4.67. The molecule has 0 atom stereocenters. The van der Waals surface area contributed by atoms with E-state index < -0.39 is 5.97 Å². The summed E-state index contributed by atoms with van der Waals surface area (Å²) in [6.07, 6.45) is 0.581. The van der Waals surface area contributed by atoms with Crippen molar-refractivity contribution in [3.63, 3.8) is 0 Å². The fourth-order valence-corrected chi connectivity index (χ4v) is 0.671. The van der Waals surface area contributed by atoms with Crippen molar-refractivity contribution in [3.8, 4) is 0 Å². The number of aromatic amines is 1. The van der Waals surface area contributed by atoms with Crippen LogP contribution < -0.4 is 0 Å². The molecule has 0 radical (unpaired) electrons. The molecule has 5 nitrogen and oxygen atoms in total. The molecule has 0 aliphatic rings. The van der Waals surface area contributed by atoms with E-state index in [1.807, 2.05) is 20.8 Å². The number of nitrogens with zero attached hydrogens (tertiary/aromatic N) is 2. The Morgan fingerprint density at radius 1 is 1.50 bits per heavy atom. The van der Waals surface area contributed by atoms with Gasteiger partial charge in [-0.3, -0.25) is 0 Å². The van der Waals surface area contributed by atoms with E-state index in [0.717, 1.165) is 0 Å². The number of carboxylic acids is 1. The summed E-state index contributed by atoms with van der Waals surface area (Å²) in [5.41, 5.74) is 0.509. The minimum Gasteiger partial charge on any atom is -0.476 e. The Balaban J connectivity index is 0.000000561. The average Bonchev–Trinajstić information content (AvgIpc) is 2.55. The van der Waals surface area contributed by atoms with Crippen molar-refractivity contribution in [1.29, 1.82) is 0 Å². The van der Waals surface area contributed by atoms with Crippen molar-refractivity contribution in [2.24, 2.45) is 0 Å². The Hall–Kier alpha value is -1.39. The molecule has 0 unspecified atom stereocenters. The van der Waals surface area contributed by atoms with Crippen molar-refractivity contribution >= 4 is 5.97 Å². The normalized spacial score (nSPS) is 8.58. The van der Waals surface area contributed by atoms with Crippen LogP contribution in [-0.2, 0) is 6.42 Å². The van der Waals surface area contributed by atoms with Gasteiger partial charge >= 0.3 is 5.97 Å². The number of aromatic carboxylic acids is 1. The second kappa shape index (κ2) is 5.29. The van der Waals surface area contributed by atoms with Crippen LogP contribution in [0.1, 0.15) is 37.0 Å². The summed E-state index contributed by atoms with van der Waals surface area (Å²) >= 11 is 0. The van der Waals surface area contributed by atoms with E-state index >= 15 is 0 Å². The first kappa shape index (κ1) is 10.6. The third-order valence-corrected chi connectivity index (χ3v) is 1.16. The zero-order chi connectivity index (χ0) is 9.56. The van der Waals surface area contributed by atoms with Gasteiger partial charge < -0.3 is 5.11 Å². The zero-order valence-corrected chi connectivity index (χ0v) is 7.46. The second-order valence-corrected chi connectivity index (χ2v) is 1.78. The SMILES string of the molecule is CC.CCc1n[nH]nc1C(=O)O. The molecule has 0 spiro atoms. The maximum Gasteiger partial charge on any atom is 0.358 e. The molecular weight excluding hydrogens is 158 g/mol. The first-order chi connectivity index (χ1) is 5.75. The van der Waals surface area contributed by atoms with Crippen molar-refractivity contribution in [2.75, 3.05) is 0 Å². The summed E-state index contributed by atoms with van der Waals surface area (Å²) in [5.74, 6) is -1.04. The third kappa shape index (κ3) is 2.34. The molecule has 0 aromatic carbocycles. The van der Waals surface area contributed by atoms with Gasteiger partial charge in [0.05, 0.1) is 5.69 Å². The predicted molar refractivity (Wildman–Crippen MR) is 44.1 cm³/mol. The molecule has 12 heavy (non-hydrogen) atoms. The molecule has 0 bridgehead atoms. The first-order valence-electron chi connectivity index (χ1n) is 3.88. The van der Waals surface area contributed by atoms with Gasteiger partial charge in [0.2, 0.25) is 0 Å². The number of hydrogen-bond donors (Lipinski definition) is 2. The first-order valence-corrected chi connectivity index (χ1v) is 3.88. The van der Waals surface area contributed by atoms with E-state index in [0.29, 0.717) is 12.1 Å². The maximum atomic E-state index is 10.3. The van der Waals surface area contributed by atoms with Crippen LogP contribution in [0.15, 0.2) is 0 Å². The lowest BCUT2D eigenvalue weighted by atomic mass is 10.3. The number of hydrogen-bond acceptors (Lipinski definition) is 3. The fourth-order valence-electron chi connectivity index (χ4n) is 0.671. The molecule has 0 saturated heterocycles. The average molecular weight is 171 g/mol. The van der Waals surface area contributed by atoms with Crippen LogP contribution in [-0.4, -0.2) is 26.5 Å². The molecule has 1 aromatic rings. The number of aryl methyl sites for hydroxylation is 1. The van der Waals surface area contributed by atoms with Gasteiger partial charge in [0.1, 0.15) is 0 Å². The van der Waals surface area contributed by atoms with E-state index in [4.69, 9.17) is 5.11 Å². The Morgan fingerprint density at radius 3 is 2.42 bits per heavy atom. The number of aromatic nitrogens is 3. The van der Waals surface area contributed by atoms with Crippen LogP contribution in [0.4, 0.5) is 0 Å². The van der Waals surface area contributed by atoms with Gasteiger partial charge in [0, 0.05) is 0 Å². The van der Waals surface area contributed by atoms with E-state index in [1.54, 1.807) is 0 Å². The van der Waals surface area contributed by atoms with Crippen molar-refractivity contribution < 1.29 is 9.90 Å². The fraction of sp³-hybridized carbons (Fsp3) is 0.571. The summed E-state index contributed by atoms with van der Waals surface area (Å²) in [6, 6.07) is 0. The number of nitrogens with one attached hydrogen (secondary N) is 1. The topological polar surface area (TPSA) is 78.9 Å². The van der Waals surface area contributed by atoms with Crippen molar-refractivity contribution in [3.05, 3.63) is 11.4 Å². The highest BCUT2D eigenvalue weighted by Crippen LogP contribution is 1.99. The smallest absolute Gasteiger partial charge is 0.358 e. The van der Waals surface area contributed by atoms with E-state index in [1.165, 1.54) is 0 Å². The molecule has 0 saturated carbocycles. The Bertz CT molecular complexity index is 245. The molecule has 0 fully saturated rings. The molecule has 1 rings (SSSR count). The lowest BCUT2D eigenvalue weighted by molar-refractivity contribution is 0.0689. The summed E-state index contributed by atoms with van der Waals surface area (Å²) in [5, 5.41) is 17.8. The molecule has 0 aliphatic carbocycles. The number of carbonyl (C=O) groups is 1. The van der Waals surface area contributed by atoms with E-state index in [-0.39, 0.29) is 5.69 Å². The van der Waals surface area contributed by atoms with Crippen LogP contribution >= 0.6 is 0 Å². The number of rotatable bonds is 2. The van der Waals surface area contributed by atoms with E-state index in [9.17, 15) is 4.79 Å². The highest BCUT2D eigenvalue weighted by atomic mass is 16.4. The highest BCUT2D eigenvalue weighted by molar-refractivity contribution is 5.86. The lowest BCUT2D eigenvalue weighted by Gasteiger charge is -1.86. The Morgan fingerprint density at radius 2 is 2.08 bits per heavy atom. The van der Waals surface area contributed by atoms with Crippen LogP contribution in [0.25, 0.3) is 0 Å². The molecule has 0 aliphatic heterocycles. The second-order valence-electron chi connectivity index (χ2n) is 1.78. The standard InChI is InChI=1S/C5H7N3O2.C2H6/c1-2-3-4(5(9)10)7-8-6-3;1-2/h2H2,1H3,(H,9,10)(H,6,7,8);1-2H3. The molecule has 1 heterocycles. The summed E-state index contributed by atoms with van der Waals surface area (Å²) < 4.78 is 0. The summed E-state index contributed by atoms with van der Waals surface area (Å²) in [7, 11) is 0. The predicted octanol–water partition coefficient (Wildman–Crippen LogP) is 1.09. The number of H-pyrrole nitrogens is 1. The Labute approximate surface area is 70.8 Å². The lowest BCUT2D eigenvalue weighted by Crippen LogP contribution is -2.00. The van der Waals surface area contributed by atoms with Crippen LogP contribution in [0.3, 0.4) is 0 Å². The number of carboxylic acid groups (broad SMARTS) is 1. The van der Waals surface area contributed by atoms with Gasteiger partial charge in [0.15, 0.2) is 5.69 Å². The monoisotopic (exact) mass is 171 g/mol. The highest BCUT2D eigenvalue weighted by Gasteiger charge is 2.12. The molecule has 5 heteroatoms. The zero-order valence-electron chi connectivity index (χ0n) is 7.46. The van der Waals surface area contributed by atoms with Gasteiger partial charge in [-0.25, -0.2) is 4.79 Å². The third-order valence-electron chi connectivity index (χ3n) is 1.16. The molecule has 0 amide bonds. The minimum atomic E-state index is -1.04. The van der Waals surface area contributed by atoms with Gasteiger partial charge in [-0.1, -0.05) is 20.8 Å². The molecule has 1 aromatic heterocycles. The maximum absolute atomic E-state index is 10.3. The van der Waals surface area contributed by atoms with Crippen molar-refractivity contribution in [2.45, 2.75) is 27.2 Å². The summed E-state index contributed by atoms with van der Waals surface area (Å²) in [6.45, 7) is 5.82. The van der Waals surface area contributed by atoms with Gasteiger partial charge in [0.25, 0.3) is 0 Å². The van der Waals surface area contributed by atoms with Gasteiger partial charge in [-0.15, -0.1) is 5.10 Å². The van der Waals surface area contributed by atoms with Crippen molar-refractivity contribution in [1.82, 2.24) is 15.4 Å². The molecular formula is C7H13N3O2. The van der Waals surface area contributed by atoms with Crippen LogP contribution in [0.2, 0.25) is 0 Å². The molecule has 2 N–H and O–H groups in total. The quantitative estimate of drug-likeness (QED) is 0.698. The van der Waals surface area contributed by atoms with Gasteiger partial charge in [-0.05, 0) is 6.42 Å². The van der Waals surface area contributed by atoms with Gasteiger partial charge in [-0.2, -0.15) is 10.3 Å². The summed E-state index contributed by atoms with van der Waals surface area (Å²) in [4.78, 5) is 10.3. The van der Waals surface area contributed by atoms with E-state index in [2.05, 4.69) is 15.4 Å². The minimum absolute atomic E-state index is 0.0162. The molecule has 68 valence electrons.